The molecule has 0 saturated carbocycles. The van der Waals surface area contributed by atoms with Gasteiger partial charge in [0.25, 0.3) is 0 Å². The lowest BCUT2D eigenvalue weighted by Crippen LogP contribution is -2.49. The van der Waals surface area contributed by atoms with Crippen molar-refractivity contribution in [1.82, 2.24) is 20.5 Å². The Morgan fingerprint density at radius 3 is 3.05 bits per heavy atom. The SMILES string of the molecule is Cc1cccc(CCc2nc(N3CCNC(C)C3)n[nH]2)c1. The average Bonchev–Trinajstić information content (AvgIpc) is 2.94. The molecule has 0 radical (unpaired) electrons. The molecule has 0 aliphatic carbocycles. The van der Waals surface area contributed by atoms with Crippen LogP contribution in [0.25, 0.3) is 0 Å². The monoisotopic (exact) mass is 285 g/mol. The first-order valence-corrected chi connectivity index (χ1v) is 7.66. The number of hydrogen-bond donors (Lipinski definition) is 2. The van der Waals surface area contributed by atoms with Crippen LogP contribution in [0.15, 0.2) is 24.3 Å². The second kappa shape index (κ2) is 6.26. The van der Waals surface area contributed by atoms with Crippen LogP contribution in [0.4, 0.5) is 5.95 Å². The molecule has 3 rings (SSSR count). The van der Waals surface area contributed by atoms with Gasteiger partial charge in [-0.3, -0.25) is 5.10 Å². The summed E-state index contributed by atoms with van der Waals surface area (Å²) in [6.45, 7) is 7.25. The van der Waals surface area contributed by atoms with Gasteiger partial charge in [-0.05, 0) is 25.8 Å². The van der Waals surface area contributed by atoms with Crippen LogP contribution in [-0.4, -0.2) is 40.9 Å². The fourth-order valence-corrected chi connectivity index (χ4v) is 2.78. The highest BCUT2D eigenvalue weighted by molar-refractivity contribution is 5.30. The number of aromatic nitrogens is 3. The molecule has 112 valence electrons. The maximum Gasteiger partial charge on any atom is 0.244 e. The molecule has 2 heterocycles. The smallest absolute Gasteiger partial charge is 0.244 e. The molecular weight excluding hydrogens is 262 g/mol. The maximum absolute atomic E-state index is 4.64. The minimum atomic E-state index is 0.494. The number of aromatic amines is 1. The first kappa shape index (κ1) is 14.1. The molecule has 0 amide bonds. The van der Waals surface area contributed by atoms with E-state index >= 15 is 0 Å². The molecule has 1 aromatic carbocycles. The van der Waals surface area contributed by atoms with Gasteiger partial charge in [0.15, 0.2) is 0 Å². The normalized spacial score (nSPS) is 19.0. The largest absolute Gasteiger partial charge is 0.337 e. The van der Waals surface area contributed by atoms with Crippen LogP contribution < -0.4 is 10.2 Å². The number of nitrogens with one attached hydrogen (secondary N) is 2. The van der Waals surface area contributed by atoms with Crippen LogP contribution in [0.3, 0.4) is 0 Å². The minimum absolute atomic E-state index is 0.494. The zero-order valence-electron chi connectivity index (χ0n) is 12.8. The number of anilines is 1. The van der Waals surface area contributed by atoms with Gasteiger partial charge in [-0.2, -0.15) is 4.98 Å². The zero-order chi connectivity index (χ0) is 14.7. The summed E-state index contributed by atoms with van der Waals surface area (Å²) in [5, 5.41) is 10.9. The molecule has 0 spiro atoms. The van der Waals surface area contributed by atoms with Crippen molar-refractivity contribution in [2.24, 2.45) is 0 Å². The van der Waals surface area contributed by atoms with Gasteiger partial charge >= 0.3 is 0 Å². The summed E-state index contributed by atoms with van der Waals surface area (Å²) in [6.07, 6.45) is 1.90. The molecule has 1 aliphatic heterocycles. The summed E-state index contributed by atoms with van der Waals surface area (Å²) >= 11 is 0. The third kappa shape index (κ3) is 3.61. The Balaban J connectivity index is 1.60. The fraction of sp³-hybridized carbons (Fsp3) is 0.500. The van der Waals surface area contributed by atoms with E-state index in [0.717, 1.165) is 44.2 Å². The predicted octanol–water partition coefficient (Wildman–Crippen LogP) is 1.70. The van der Waals surface area contributed by atoms with E-state index in [-0.39, 0.29) is 0 Å². The molecule has 1 saturated heterocycles. The number of piperazine rings is 1. The predicted molar refractivity (Wildman–Crippen MR) is 84.6 cm³/mol. The highest BCUT2D eigenvalue weighted by Gasteiger charge is 2.19. The second-order valence-electron chi connectivity index (χ2n) is 5.87. The van der Waals surface area contributed by atoms with Crippen LogP contribution in [-0.2, 0) is 12.8 Å². The van der Waals surface area contributed by atoms with Crippen LogP contribution in [0.5, 0.6) is 0 Å². The van der Waals surface area contributed by atoms with Crippen molar-refractivity contribution in [2.45, 2.75) is 32.7 Å². The van der Waals surface area contributed by atoms with Gasteiger partial charge in [0.1, 0.15) is 5.82 Å². The Morgan fingerprint density at radius 2 is 2.24 bits per heavy atom. The van der Waals surface area contributed by atoms with Gasteiger partial charge in [-0.15, -0.1) is 5.10 Å². The molecule has 1 fully saturated rings. The summed E-state index contributed by atoms with van der Waals surface area (Å²) in [4.78, 5) is 6.88. The summed E-state index contributed by atoms with van der Waals surface area (Å²) in [6, 6.07) is 9.13. The standard InChI is InChI=1S/C16H23N5/c1-12-4-3-5-14(10-12)6-7-15-18-16(20-19-15)21-9-8-17-13(2)11-21/h3-5,10,13,17H,6-9,11H2,1-2H3,(H,18,19,20). The lowest BCUT2D eigenvalue weighted by molar-refractivity contribution is 0.479. The number of hydrogen-bond acceptors (Lipinski definition) is 4. The molecular formula is C16H23N5. The summed E-state index contributed by atoms with van der Waals surface area (Å²) in [5.74, 6) is 1.81. The van der Waals surface area contributed by atoms with Crippen molar-refractivity contribution in [3.63, 3.8) is 0 Å². The Morgan fingerprint density at radius 1 is 1.33 bits per heavy atom. The Hall–Kier alpha value is -1.88. The molecule has 2 aromatic rings. The zero-order valence-corrected chi connectivity index (χ0v) is 12.8. The molecule has 21 heavy (non-hydrogen) atoms. The van der Waals surface area contributed by atoms with Gasteiger partial charge < -0.3 is 10.2 Å². The molecule has 0 bridgehead atoms. The van der Waals surface area contributed by atoms with Crippen molar-refractivity contribution in [2.75, 3.05) is 24.5 Å². The molecule has 1 unspecified atom stereocenters. The van der Waals surface area contributed by atoms with E-state index in [1.54, 1.807) is 0 Å². The topological polar surface area (TPSA) is 56.8 Å². The van der Waals surface area contributed by atoms with E-state index in [1.165, 1.54) is 11.1 Å². The lowest BCUT2D eigenvalue weighted by atomic mass is 10.1. The van der Waals surface area contributed by atoms with E-state index in [2.05, 4.69) is 63.5 Å². The molecule has 1 atom stereocenters. The van der Waals surface area contributed by atoms with E-state index in [1.807, 2.05) is 0 Å². The van der Waals surface area contributed by atoms with Gasteiger partial charge in [0.05, 0.1) is 0 Å². The summed E-state index contributed by atoms with van der Waals surface area (Å²) in [7, 11) is 0. The average molecular weight is 285 g/mol. The first-order valence-electron chi connectivity index (χ1n) is 7.66. The molecule has 1 aliphatic rings. The van der Waals surface area contributed by atoms with Crippen molar-refractivity contribution in [3.05, 3.63) is 41.2 Å². The van der Waals surface area contributed by atoms with Crippen molar-refractivity contribution < 1.29 is 0 Å². The third-order valence-electron chi connectivity index (χ3n) is 3.90. The molecule has 1 aromatic heterocycles. The van der Waals surface area contributed by atoms with Gasteiger partial charge in [-0.1, -0.05) is 29.8 Å². The van der Waals surface area contributed by atoms with Crippen molar-refractivity contribution >= 4 is 5.95 Å². The highest BCUT2D eigenvalue weighted by atomic mass is 15.4. The number of benzene rings is 1. The van der Waals surface area contributed by atoms with E-state index in [0.29, 0.717) is 6.04 Å². The van der Waals surface area contributed by atoms with Crippen molar-refractivity contribution in [1.29, 1.82) is 0 Å². The Kier molecular flexibility index (Phi) is 4.20. The lowest BCUT2D eigenvalue weighted by Gasteiger charge is -2.30. The van der Waals surface area contributed by atoms with Crippen LogP contribution >= 0.6 is 0 Å². The number of H-pyrrole nitrogens is 1. The first-order chi connectivity index (χ1) is 10.2. The second-order valence-corrected chi connectivity index (χ2v) is 5.87. The minimum Gasteiger partial charge on any atom is -0.337 e. The maximum atomic E-state index is 4.64. The van der Waals surface area contributed by atoms with Gasteiger partial charge in [0.2, 0.25) is 5.95 Å². The molecule has 2 N–H and O–H groups in total. The highest BCUT2D eigenvalue weighted by Crippen LogP contribution is 2.12. The number of rotatable bonds is 4. The van der Waals surface area contributed by atoms with Gasteiger partial charge in [0, 0.05) is 32.1 Å². The van der Waals surface area contributed by atoms with Crippen molar-refractivity contribution in [3.8, 4) is 0 Å². The van der Waals surface area contributed by atoms with Crippen LogP contribution in [0, 0.1) is 6.92 Å². The van der Waals surface area contributed by atoms with Crippen LogP contribution in [0.1, 0.15) is 23.9 Å². The summed E-state index contributed by atoms with van der Waals surface area (Å²) in [5.41, 5.74) is 2.66. The fourth-order valence-electron chi connectivity index (χ4n) is 2.78. The number of nitrogens with zero attached hydrogens (tertiary/aromatic N) is 3. The Labute approximate surface area is 125 Å². The molecule has 5 nitrogen and oxygen atoms in total. The van der Waals surface area contributed by atoms with Gasteiger partial charge in [-0.25, -0.2) is 0 Å². The Bertz CT molecular complexity index is 592. The molecule has 5 heteroatoms. The number of aryl methyl sites for hydroxylation is 3. The van der Waals surface area contributed by atoms with E-state index < -0.39 is 0 Å². The van der Waals surface area contributed by atoms with E-state index in [4.69, 9.17) is 0 Å². The summed E-state index contributed by atoms with van der Waals surface area (Å²) < 4.78 is 0. The quantitative estimate of drug-likeness (QED) is 0.897. The van der Waals surface area contributed by atoms with Crippen LogP contribution in [0.2, 0.25) is 0 Å². The third-order valence-corrected chi connectivity index (χ3v) is 3.90. The van der Waals surface area contributed by atoms with E-state index in [9.17, 15) is 0 Å².